The second kappa shape index (κ2) is 2.82. The molecule has 13 heavy (non-hydrogen) atoms. The largest absolute Gasteiger partial charge is 0.195 e. The first kappa shape index (κ1) is 8.21. The number of aryl methyl sites for hydroxylation is 1. The van der Waals surface area contributed by atoms with E-state index in [1.807, 2.05) is 6.07 Å². The Balaban J connectivity index is 2.97. The summed E-state index contributed by atoms with van der Waals surface area (Å²) in [6.45, 7) is 1.70. The van der Waals surface area contributed by atoms with Crippen LogP contribution in [0.4, 0.5) is 4.39 Å². The average Bonchev–Trinajstić information content (AvgIpc) is 2.43. The summed E-state index contributed by atoms with van der Waals surface area (Å²) in [5.74, 6) is 0. The summed E-state index contributed by atoms with van der Waals surface area (Å²) in [4.78, 5) is 0. The van der Waals surface area contributed by atoms with Gasteiger partial charge in [0.25, 0.3) is 0 Å². The maximum atomic E-state index is 13.2. The first-order valence-corrected chi connectivity index (χ1v) is 4.63. The maximum absolute atomic E-state index is 13.2. The van der Waals surface area contributed by atoms with E-state index in [-0.39, 0.29) is 5.13 Å². The Morgan fingerprint density at radius 2 is 2.23 bits per heavy atom. The van der Waals surface area contributed by atoms with E-state index in [4.69, 9.17) is 5.26 Å². The lowest BCUT2D eigenvalue weighted by atomic mass is 10.1. The van der Waals surface area contributed by atoms with E-state index >= 15 is 0 Å². The average molecular weight is 191 g/mol. The minimum Gasteiger partial charge on any atom is -0.195 e. The van der Waals surface area contributed by atoms with Crippen molar-refractivity contribution in [3.05, 3.63) is 34.5 Å². The van der Waals surface area contributed by atoms with Gasteiger partial charge in [-0.05, 0) is 19.1 Å². The van der Waals surface area contributed by atoms with E-state index in [0.717, 1.165) is 21.4 Å². The third-order valence-electron chi connectivity index (χ3n) is 2.02. The highest BCUT2D eigenvalue weighted by Gasteiger charge is 2.10. The number of nitrogens with zero attached hydrogens (tertiary/aromatic N) is 1. The topological polar surface area (TPSA) is 23.8 Å². The summed E-state index contributed by atoms with van der Waals surface area (Å²) in [5.41, 5.74) is 1.13. The molecule has 0 saturated heterocycles. The highest BCUT2D eigenvalue weighted by Crippen LogP contribution is 2.31. The van der Waals surface area contributed by atoms with Crippen LogP contribution in [-0.4, -0.2) is 0 Å². The maximum Gasteiger partial charge on any atom is 0.180 e. The molecule has 1 aromatic carbocycles. The molecule has 0 aliphatic heterocycles. The fourth-order valence-electron chi connectivity index (χ4n) is 1.37. The van der Waals surface area contributed by atoms with Crippen molar-refractivity contribution in [2.45, 2.75) is 6.92 Å². The van der Waals surface area contributed by atoms with E-state index in [1.54, 1.807) is 19.1 Å². The second-order valence-electron chi connectivity index (χ2n) is 2.79. The van der Waals surface area contributed by atoms with Gasteiger partial charge < -0.3 is 0 Å². The summed E-state index contributed by atoms with van der Waals surface area (Å²) < 4.78 is 14.0. The molecule has 0 aliphatic carbocycles. The van der Waals surface area contributed by atoms with Crippen LogP contribution in [0.15, 0.2) is 18.2 Å². The Kier molecular flexibility index (Phi) is 1.78. The normalized spacial score (nSPS) is 10.2. The molecule has 0 amide bonds. The molecule has 0 radical (unpaired) electrons. The van der Waals surface area contributed by atoms with Crippen molar-refractivity contribution in [2.24, 2.45) is 0 Å². The van der Waals surface area contributed by atoms with Gasteiger partial charge >= 0.3 is 0 Å². The van der Waals surface area contributed by atoms with Crippen LogP contribution in [0, 0.1) is 23.4 Å². The van der Waals surface area contributed by atoms with Gasteiger partial charge in [0.1, 0.15) is 0 Å². The second-order valence-corrected chi connectivity index (χ2v) is 3.79. The summed E-state index contributed by atoms with van der Waals surface area (Å²) in [5, 5.41) is 9.36. The van der Waals surface area contributed by atoms with Gasteiger partial charge in [-0.2, -0.15) is 9.65 Å². The molecule has 0 atom stereocenters. The summed E-state index contributed by atoms with van der Waals surface area (Å²) >= 11 is 1.09. The standard InChI is InChI=1S/C10H6FNS/c1-6-9-7(5-12)3-2-4-8(9)13-10(6)11/h2-4H,1H3. The molecule has 64 valence electrons. The van der Waals surface area contributed by atoms with Crippen LogP contribution in [0.1, 0.15) is 11.1 Å². The number of rotatable bonds is 0. The van der Waals surface area contributed by atoms with Crippen molar-refractivity contribution in [3.8, 4) is 6.07 Å². The van der Waals surface area contributed by atoms with Gasteiger partial charge in [-0.25, -0.2) is 0 Å². The van der Waals surface area contributed by atoms with E-state index in [9.17, 15) is 4.39 Å². The summed E-state index contributed by atoms with van der Waals surface area (Å²) in [7, 11) is 0. The molecule has 1 heterocycles. The fourth-order valence-corrected chi connectivity index (χ4v) is 2.33. The molecule has 2 aromatic rings. The predicted octanol–water partition coefficient (Wildman–Crippen LogP) is 3.22. The highest BCUT2D eigenvalue weighted by atomic mass is 32.1. The predicted molar refractivity (Wildman–Crippen MR) is 51.2 cm³/mol. The van der Waals surface area contributed by atoms with E-state index in [2.05, 4.69) is 6.07 Å². The molecule has 1 aromatic heterocycles. The third-order valence-corrected chi connectivity index (χ3v) is 3.06. The summed E-state index contributed by atoms with van der Waals surface area (Å²) in [6.07, 6.45) is 0. The summed E-state index contributed by atoms with van der Waals surface area (Å²) in [6, 6.07) is 7.38. The number of hydrogen-bond acceptors (Lipinski definition) is 2. The number of fused-ring (bicyclic) bond motifs is 1. The van der Waals surface area contributed by atoms with Crippen molar-refractivity contribution >= 4 is 21.4 Å². The Labute approximate surface area is 79.0 Å². The van der Waals surface area contributed by atoms with Gasteiger partial charge in [-0.1, -0.05) is 6.07 Å². The molecule has 0 aliphatic rings. The number of nitriles is 1. The van der Waals surface area contributed by atoms with Crippen molar-refractivity contribution in [2.75, 3.05) is 0 Å². The van der Waals surface area contributed by atoms with E-state index in [1.165, 1.54) is 0 Å². The van der Waals surface area contributed by atoms with E-state index < -0.39 is 0 Å². The number of hydrogen-bond donors (Lipinski definition) is 0. The van der Waals surface area contributed by atoms with Crippen LogP contribution in [-0.2, 0) is 0 Å². The smallest absolute Gasteiger partial charge is 0.180 e. The van der Waals surface area contributed by atoms with Gasteiger partial charge in [-0.3, -0.25) is 0 Å². The molecule has 1 nitrogen and oxygen atoms in total. The van der Waals surface area contributed by atoms with Crippen molar-refractivity contribution < 1.29 is 4.39 Å². The third kappa shape index (κ3) is 1.11. The molecule has 0 saturated carbocycles. The van der Waals surface area contributed by atoms with Gasteiger partial charge in [0.15, 0.2) is 5.13 Å². The molecular formula is C10H6FNS. The minimum absolute atomic E-state index is 0.197. The SMILES string of the molecule is Cc1c(F)sc2cccc(C#N)c12. The molecule has 0 unspecified atom stereocenters. The Bertz CT molecular complexity index is 507. The van der Waals surface area contributed by atoms with Crippen molar-refractivity contribution in [3.63, 3.8) is 0 Å². The van der Waals surface area contributed by atoms with Crippen LogP contribution in [0.25, 0.3) is 10.1 Å². The van der Waals surface area contributed by atoms with Crippen LogP contribution < -0.4 is 0 Å². The molecule has 0 bridgehead atoms. The quantitative estimate of drug-likeness (QED) is 0.627. The van der Waals surface area contributed by atoms with Crippen LogP contribution in [0.2, 0.25) is 0 Å². The number of thiophene rings is 1. The lowest BCUT2D eigenvalue weighted by Crippen LogP contribution is -1.77. The number of benzene rings is 1. The zero-order valence-electron chi connectivity index (χ0n) is 6.97. The molecule has 0 fully saturated rings. The lowest BCUT2D eigenvalue weighted by molar-refractivity contribution is 0.650. The van der Waals surface area contributed by atoms with Crippen molar-refractivity contribution in [1.82, 2.24) is 0 Å². The molecule has 0 spiro atoms. The first-order chi connectivity index (χ1) is 6.24. The van der Waals surface area contributed by atoms with Crippen LogP contribution in [0.5, 0.6) is 0 Å². The zero-order chi connectivity index (χ0) is 9.42. The van der Waals surface area contributed by atoms with E-state index in [0.29, 0.717) is 11.1 Å². The lowest BCUT2D eigenvalue weighted by Gasteiger charge is -1.93. The Hall–Kier alpha value is -1.40. The van der Waals surface area contributed by atoms with Gasteiger partial charge in [0.2, 0.25) is 0 Å². The molecule has 2 rings (SSSR count). The minimum atomic E-state index is -0.197. The Morgan fingerprint density at radius 1 is 1.46 bits per heavy atom. The first-order valence-electron chi connectivity index (χ1n) is 3.81. The molecule has 0 N–H and O–H groups in total. The van der Waals surface area contributed by atoms with Gasteiger partial charge in [-0.15, -0.1) is 11.3 Å². The van der Waals surface area contributed by atoms with Gasteiger partial charge in [0.05, 0.1) is 11.6 Å². The van der Waals surface area contributed by atoms with Crippen LogP contribution >= 0.6 is 11.3 Å². The zero-order valence-corrected chi connectivity index (χ0v) is 7.78. The molecule has 3 heteroatoms. The van der Waals surface area contributed by atoms with Gasteiger partial charge in [0, 0.05) is 15.6 Å². The fraction of sp³-hybridized carbons (Fsp3) is 0.100. The molecular weight excluding hydrogens is 185 g/mol. The highest BCUT2D eigenvalue weighted by molar-refractivity contribution is 7.17. The monoisotopic (exact) mass is 191 g/mol. The van der Waals surface area contributed by atoms with Crippen LogP contribution in [0.3, 0.4) is 0 Å². The Morgan fingerprint density at radius 3 is 2.92 bits per heavy atom. The van der Waals surface area contributed by atoms with Crippen molar-refractivity contribution in [1.29, 1.82) is 5.26 Å². The number of halogens is 1.